The Bertz CT molecular complexity index is 2010. The Hall–Kier alpha value is -1.26. The molecule has 114 heavy (non-hydrogen) atoms. The molecule has 0 fully saturated rings. The number of hydrogen-bond donors (Lipinski definition) is 2. The molecule has 0 rings (SSSR count). The third kappa shape index (κ3) is 134. The van der Waals surface area contributed by atoms with Crippen LogP contribution in [-0.2, 0) is 44.2 Å². The monoisotopic (exact) mass is 1730 g/mol. The van der Waals surface area contributed by atoms with Crippen molar-refractivity contribution in [2.24, 2.45) is 0 Å². The summed E-state index contributed by atoms with van der Waals surface area (Å²) < 4.78 is 66.4. The summed E-state index contributed by atoms with van der Waals surface area (Å²) >= 11 is 3.33. The number of halogens is 1. The Morgan fingerprint density at radius 2 is 0.465 bits per heavy atom. The van der Waals surface area contributed by atoms with Crippen molar-refractivity contribution in [2.45, 2.75) is 494 Å². The van der Waals surface area contributed by atoms with Crippen molar-refractivity contribution in [2.75, 3.05) is 98.5 Å². The highest BCUT2D eigenvalue weighted by Gasteiger charge is 2.22. The average molecular weight is 1730 g/mol. The lowest BCUT2D eigenvalue weighted by Gasteiger charge is -2.35. The summed E-state index contributed by atoms with van der Waals surface area (Å²) in [5.41, 5.74) is 0. The highest BCUT2D eigenvalue weighted by atomic mass is 79.9. The normalized spacial score (nSPS) is 11.4. The minimum atomic E-state index is -4.92. The van der Waals surface area contributed by atoms with E-state index < -0.39 is 20.8 Å². The van der Waals surface area contributed by atoms with Crippen LogP contribution in [0.2, 0.25) is 0 Å². The quantitative estimate of drug-likeness (QED) is 0.0190. The number of carbonyl (C=O) groups is 4. The molecule has 0 radical (unpaired) electrons. The predicted molar refractivity (Wildman–Crippen MR) is 497 cm³/mol. The molecule has 0 aromatic carbocycles. The summed E-state index contributed by atoms with van der Waals surface area (Å²) in [6.45, 7) is 39.4. The number of hydrogen-bond acceptors (Lipinski definition) is 13. The molecule has 0 unspecified atom stereocenters. The topological polar surface area (TPSA) is 227 Å². The Morgan fingerprint density at radius 3 is 0.649 bits per heavy atom. The van der Waals surface area contributed by atoms with E-state index in [1.165, 1.54) is 441 Å². The first kappa shape index (κ1) is 126. The van der Waals surface area contributed by atoms with Crippen LogP contribution in [0.4, 0.5) is 0 Å². The van der Waals surface area contributed by atoms with E-state index in [4.69, 9.17) is 17.5 Å². The van der Waals surface area contributed by atoms with Gasteiger partial charge in [0.15, 0.2) is 0 Å². The molecule has 2 N–H and O–H groups in total. The van der Waals surface area contributed by atoms with Crippen LogP contribution in [0.5, 0.6) is 0 Å². The minimum absolute atomic E-state index is 0.310. The maximum absolute atomic E-state index is 11.1. The van der Waals surface area contributed by atoms with E-state index in [-0.39, 0.29) is 0 Å². The van der Waals surface area contributed by atoms with E-state index in [0.717, 1.165) is 63.8 Å². The van der Waals surface area contributed by atoms with E-state index in [2.05, 4.69) is 99.8 Å². The molecule has 0 heterocycles. The molecule has 19 heteroatoms. The molecular weight excluding hydrogens is 1530 g/mol. The van der Waals surface area contributed by atoms with Crippen molar-refractivity contribution in [1.82, 2.24) is 10.2 Å². The highest BCUT2D eigenvalue weighted by Crippen LogP contribution is 2.20. The highest BCUT2D eigenvalue weighted by molar-refractivity contribution is 9.09. The molecule has 0 aliphatic heterocycles. The van der Waals surface area contributed by atoms with Crippen molar-refractivity contribution in [1.29, 1.82) is 0 Å². The fraction of sp³-hybridized carbons (Fsp3) is 0.958. The fourth-order valence-electron chi connectivity index (χ4n) is 14.1. The van der Waals surface area contributed by atoms with Crippen molar-refractivity contribution in [3.63, 3.8) is 0 Å². The lowest BCUT2D eigenvalue weighted by molar-refractivity contribution is -0.910. The maximum atomic E-state index is 11.1. The van der Waals surface area contributed by atoms with E-state index in [1.54, 1.807) is 27.7 Å². The van der Waals surface area contributed by atoms with Crippen LogP contribution in [0.3, 0.4) is 0 Å². The van der Waals surface area contributed by atoms with Gasteiger partial charge in [-0.3, -0.25) is 8.74 Å². The second-order valence-corrected chi connectivity index (χ2v) is 36.9. The first-order chi connectivity index (χ1) is 54.5. The third-order valence-corrected chi connectivity index (χ3v) is 22.6. The number of quaternary nitrogens is 2. The van der Waals surface area contributed by atoms with Crippen LogP contribution in [-0.4, -0.2) is 166 Å². The van der Waals surface area contributed by atoms with Crippen LogP contribution < -0.4 is 5.32 Å². The van der Waals surface area contributed by atoms with Crippen molar-refractivity contribution in [3.05, 3.63) is 0 Å². The number of nitrogens with one attached hydrogen (secondary N) is 1. The summed E-state index contributed by atoms with van der Waals surface area (Å²) in [6, 6.07) is 0. The number of carbonyl (C=O) groups excluding carboxylic acids is 4. The number of unbranched alkanes of at least 4 members (excludes halogenated alkanes) is 48. The summed E-state index contributed by atoms with van der Waals surface area (Å²) in [4.78, 5) is 46.3. The summed E-state index contributed by atoms with van der Waals surface area (Å²) in [5, 5.41) is 4.63. The zero-order chi connectivity index (χ0) is 87.0. The number of ketones is 4. The molecule has 0 aromatic rings. The SMILES string of the molecule is CC(=O)CCCCCBr.CCCCCCCCN(CCCCCCCC)CCCCCC(C)=O.CCCCCCCCNCCCCCCCC.CCCCCCCC[N+](C)(CCCCCCCC)CCCCCC(C)=O.CCCCCCCC[N+](C)(CCCCCCCC)CCCCCC(C)=O.COS(=O)(=O)[O-].O=S(=O)([O-])O. The van der Waals surface area contributed by atoms with Gasteiger partial charge in [-0.25, -0.2) is 16.8 Å². The molecule has 0 atom stereocenters. The molecule has 16 nitrogen and oxygen atoms in total. The van der Waals surface area contributed by atoms with Gasteiger partial charge in [0, 0.05) is 31.0 Å². The molecule has 0 spiro atoms. The van der Waals surface area contributed by atoms with Gasteiger partial charge in [-0.05, 0) is 202 Å². The number of Topliss-reactive ketones (excluding diaryl/α,β-unsaturated/α-hetero) is 4. The molecule has 0 amide bonds. The van der Waals surface area contributed by atoms with Gasteiger partial charge in [-0.15, -0.1) is 0 Å². The van der Waals surface area contributed by atoms with Crippen LogP contribution in [0, 0.1) is 0 Å². The average Bonchev–Trinajstić information content (AvgIpc) is 0.909. The molecule has 0 saturated heterocycles. The Balaban J connectivity index is -0.000000249. The Kier molecular flexibility index (Phi) is 113. The maximum Gasteiger partial charge on any atom is 0.217 e. The molecule has 0 aliphatic rings. The van der Waals surface area contributed by atoms with Crippen molar-refractivity contribution < 1.29 is 62.8 Å². The standard InChI is InChI=1S/2C24H50NO.C23H47NO.C16H35N.C7H13BrO.CH4O4S.H2O4S/c2*1-5-7-9-11-13-17-21-25(4,22-18-14-12-10-8-6-2)23-19-15-16-20-24(3)26;1-4-6-8-10-12-16-20-24(21-17-13-11-9-7-5-2)22-18-14-15-19-23(3)25;1-3-5-7-9-11-13-15-17-16-14-12-10-8-6-4-2;1-7(9)5-3-2-4-6-8;1-5-6(2,3)4;1-5(2,3)4/h2*5-23H2,1-4H3;4-22H2,1-3H3;17H,3-16H2,1-2H3;2-6H2,1H3;1H3,(H,2,3,4);(H2,1,2,3,4)/q2*+1;;;;;/p-2. The van der Waals surface area contributed by atoms with Gasteiger partial charge in [-0.2, -0.15) is 0 Å². The van der Waals surface area contributed by atoms with Crippen LogP contribution in [0.1, 0.15) is 494 Å². The fourth-order valence-corrected chi connectivity index (χ4v) is 14.5. The molecule has 690 valence electrons. The van der Waals surface area contributed by atoms with Crippen LogP contribution in [0.15, 0.2) is 0 Å². The second-order valence-electron chi connectivity index (χ2n) is 34.1. The van der Waals surface area contributed by atoms with E-state index in [0.29, 0.717) is 23.1 Å². The smallest absolute Gasteiger partial charge is 0.217 e. The van der Waals surface area contributed by atoms with E-state index in [1.807, 2.05) is 0 Å². The number of nitrogens with zero attached hydrogens (tertiary/aromatic N) is 3. The van der Waals surface area contributed by atoms with Gasteiger partial charge in [0.1, 0.15) is 23.1 Å². The van der Waals surface area contributed by atoms with Gasteiger partial charge in [0.25, 0.3) is 0 Å². The summed E-state index contributed by atoms with van der Waals surface area (Å²) in [5.74, 6) is 1.35. The van der Waals surface area contributed by atoms with Gasteiger partial charge in [-0.1, -0.05) is 315 Å². The van der Waals surface area contributed by atoms with Gasteiger partial charge >= 0.3 is 0 Å². The lowest BCUT2D eigenvalue weighted by Crippen LogP contribution is -2.46. The molecule has 0 bridgehead atoms. The van der Waals surface area contributed by atoms with Gasteiger partial charge < -0.3 is 47.5 Å². The summed E-state index contributed by atoms with van der Waals surface area (Å²) in [7, 11) is -3.54. The molecule has 0 aromatic heterocycles. The minimum Gasteiger partial charge on any atom is -0.726 e. The zero-order valence-electron chi connectivity index (χ0n) is 78.7. The van der Waals surface area contributed by atoms with E-state index in [9.17, 15) is 32.1 Å². The van der Waals surface area contributed by atoms with Crippen LogP contribution in [0.25, 0.3) is 0 Å². The Morgan fingerprint density at radius 1 is 0.307 bits per heavy atom. The first-order valence-electron chi connectivity index (χ1n) is 48.4. The molecule has 0 saturated carbocycles. The Labute approximate surface area is 720 Å². The van der Waals surface area contributed by atoms with E-state index >= 15 is 0 Å². The lowest BCUT2D eigenvalue weighted by atomic mass is 10.1. The number of rotatable bonds is 80. The molecule has 0 aliphatic carbocycles. The summed E-state index contributed by atoms with van der Waals surface area (Å²) in [6.07, 6.45) is 84.4. The first-order valence-corrected chi connectivity index (χ1v) is 52.2. The van der Waals surface area contributed by atoms with Crippen LogP contribution >= 0.6 is 15.9 Å². The van der Waals surface area contributed by atoms with Crippen molar-refractivity contribution in [3.8, 4) is 0 Å². The van der Waals surface area contributed by atoms with Gasteiger partial charge in [0.05, 0.1) is 60.5 Å². The predicted octanol–water partition coefficient (Wildman–Crippen LogP) is 27.7. The zero-order valence-corrected chi connectivity index (χ0v) is 81.9. The number of alkyl halides is 1. The largest absolute Gasteiger partial charge is 0.726 e. The van der Waals surface area contributed by atoms with Gasteiger partial charge in [0.2, 0.25) is 20.8 Å². The third-order valence-electron chi connectivity index (χ3n) is 21.6. The second kappa shape index (κ2) is 102. The van der Waals surface area contributed by atoms with Crippen molar-refractivity contribution >= 4 is 59.9 Å². The molecular formula is C95H199BrN4O12S2.